The molecule has 0 N–H and O–H groups in total. The standard InChI is InChI=1S/C13H12ClF3O4/c1-3-20-12(19)10(11(18)13(15,16)17)21-8-5-4-7(2)9(14)6-8/h4-6,10H,3H2,1-2H3/t10-/m0/s1. The third-order valence-electron chi connectivity index (χ3n) is 2.42. The van der Waals surface area contributed by atoms with E-state index in [0.717, 1.165) is 0 Å². The Balaban J connectivity index is 3.04. The van der Waals surface area contributed by atoms with E-state index in [2.05, 4.69) is 4.74 Å². The van der Waals surface area contributed by atoms with Crippen molar-refractivity contribution in [2.75, 3.05) is 6.61 Å². The van der Waals surface area contributed by atoms with Crippen LogP contribution in [0.4, 0.5) is 13.2 Å². The lowest BCUT2D eigenvalue weighted by molar-refractivity contribution is -0.184. The molecule has 0 heterocycles. The molecule has 0 unspecified atom stereocenters. The number of rotatable bonds is 5. The number of alkyl halides is 3. The Bertz CT molecular complexity index is 543. The highest BCUT2D eigenvalue weighted by molar-refractivity contribution is 6.31. The van der Waals surface area contributed by atoms with Gasteiger partial charge in [0.25, 0.3) is 11.9 Å². The van der Waals surface area contributed by atoms with Crippen LogP contribution in [0.5, 0.6) is 5.75 Å². The number of carbonyl (C=O) groups is 2. The minimum absolute atomic E-state index is 0.138. The lowest BCUT2D eigenvalue weighted by Gasteiger charge is -2.18. The maximum Gasteiger partial charge on any atom is 0.454 e. The van der Waals surface area contributed by atoms with Crippen LogP contribution in [0.2, 0.25) is 5.02 Å². The van der Waals surface area contributed by atoms with Gasteiger partial charge in [-0.15, -0.1) is 0 Å². The first-order chi connectivity index (χ1) is 9.66. The van der Waals surface area contributed by atoms with E-state index in [4.69, 9.17) is 16.3 Å². The average Bonchev–Trinajstić information content (AvgIpc) is 2.38. The van der Waals surface area contributed by atoms with Crippen LogP contribution < -0.4 is 4.74 Å². The zero-order valence-electron chi connectivity index (χ0n) is 11.2. The van der Waals surface area contributed by atoms with Gasteiger partial charge in [0, 0.05) is 5.02 Å². The summed E-state index contributed by atoms with van der Waals surface area (Å²) in [5.74, 6) is -3.88. The molecule has 8 heteroatoms. The summed E-state index contributed by atoms with van der Waals surface area (Å²) in [6, 6.07) is 4.00. The number of Topliss-reactive ketones (excluding diaryl/α,β-unsaturated/α-hetero) is 1. The first-order valence-corrected chi connectivity index (χ1v) is 6.25. The highest BCUT2D eigenvalue weighted by Crippen LogP contribution is 2.25. The first kappa shape index (κ1) is 17.3. The van der Waals surface area contributed by atoms with Crippen LogP contribution in [-0.4, -0.2) is 30.6 Å². The molecule has 0 fully saturated rings. The van der Waals surface area contributed by atoms with Crippen molar-refractivity contribution < 1.29 is 32.2 Å². The molecule has 4 nitrogen and oxygen atoms in total. The van der Waals surface area contributed by atoms with Gasteiger partial charge >= 0.3 is 12.1 Å². The fraction of sp³-hybridized carbons (Fsp3) is 0.385. The summed E-state index contributed by atoms with van der Waals surface area (Å²) in [7, 11) is 0. The number of carbonyl (C=O) groups excluding carboxylic acids is 2. The van der Waals surface area contributed by atoms with Gasteiger partial charge in [0.2, 0.25) is 0 Å². The average molecular weight is 325 g/mol. The molecule has 1 aromatic rings. The summed E-state index contributed by atoms with van der Waals surface area (Å²) in [5, 5.41) is 0.231. The van der Waals surface area contributed by atoms with Gasteiger partial charge in [-0.05, 0) is 31.5 Å². The molecule has 0 saturated heterocycles. The minimum atomic E-state index is -5.22. The molecule has 0 aliphatic rings. The molecule has 0 bridgehead atoms. The molecular weight excluding hydrogens is 313 g/mol. The molecule has 0 aromatic heterocycles. The third-order valence-corrected chi connectivity index (χ3v) is 2.82. The predicted molar refractivity (Wildman–Crippen MR) is 68.3 cm³/mol. The van der Waals surface area contributed by atoms with E-state index in [9.17, 15) is 22.8 Å². The van der Waals surface area contributed by atoms with Crippen LogP contribution in [-0.2, 0) is 14.3 Å². The minimum Gasteiger partial charge on any atom is -0.470 e. The van der Waals surface area contributed by atoms with Crippen molar-refractivity contribution in [1.29, 1.82) is 0 Å². The van der Waals surface area contributed by atoms with Gasteiger partial charge in [-0.3, -0.25) is 4.79 Å². The van der Waals surface area contributed by atoms with Crippen LogP contribution >= 0.6 is 11.6 Å². The Morgan fingerprint density at radius 3 is 2.43 bits per heavy atom. The lowest BCUT2D eigenvalue weighted by atomic mass is 10.2. The van der Waals surface area contributed by atoms with Gasteiger partial charge < -0.3 is 9.47 Å². The molecular formula is C13H12ClF3O4. The van der Waals surface area contributed by atoms with Gasteiger partial charge in [0.1, 0.15) is 5.75 Å². The zero-order valence-corrected chi connectivity index (χ0v) is 11.9. The monoisotopic (exact) mass is 324 g/mol. The first-order valence-electron chi connectivity index (χ1n) is 5.87. The van der Waals surface area contributed by atoms with E-state index in [-0.39, 0.29) is 17.4 Å². The molecule has 116 valence electrons. The van der Waals surface area contributed by atoms with Crippen LogP contribution in [0.3, 0.4) is 0 Å². The number of hydrogen-bond acceptors (Lipinski definition) is 4. The second-order valence-electron chi connectivity index (χ2n) is 4.02. The molecule has 0 aliphatic heterocycles. The maximum absolute atomic E-state index is 12.5. The highest BCUT2D eigenvalue weighted by Gasteiger charge is 2.48. The fourth-order valence-corrected chi connectivity index (χ4v) is 1.53. The molecule has 1 atom stereocenters. The summed E-state index contributed by atoms with van der Waals surface area (Å²) in [6.07, 6.45) is -7.63. The molecule has 1 rings (SSSR count). The van der Waals surface area contributed by atoms with Crippen molar-refractivity contribution in [1.82, 2.24) is 0 Å². The molecule has 0 saturated carbocycles. The molecule has 21 heavy (non-hydrogen) atoms. The SMILES string of the molecule is CCOC(=O)[C@@H](Oc1ccc(C)c(Cl)c1)C(=O)C(F)(F)F. The van der Waals surface area contributed by atoms with Gasteiger partial charge in [0.15, 0.2) is 0 Å². The van der Waals surface area contributed by atoms with E-state index in [0.29, 0.717) is 5.56 Å². The van der Waals surface area contributed by atoms with Gasteiger partial charge in [-0.1, -0.05) is 17.7 Å². The van der Waals surface area contributed by atoms with Crippen LogP contribution in [0.15, 0.2) is 18.2 Å². The summed E-state index contributed by atoms with van der Waals surface area (Å²) < 4.78 is 46.7. The molecule has 0 spiro atoms. The van der Waals surface area contributed by atoms with Crippen LogP contribution in [0, 0.1) is 6.92 Å². The van der Waals surface area contributed by atoms with Crippen molar-refractivity contribution in [3.05, 3.63) is 28.8 Å². The number of benzene rings is 1. The lowest BCUT2D eigenvalue weighted by Crippen LogP contribution is -2.44. The second-order valence-corrected chi connectivity index (χ2v) is 4.43. The van der Waals surface area contributed by atoms with E-state index < -0.39 is 24.0 Å². The van der Waals surface area contributed by atoms with Crippen molar-refractivity contribution in [2.45, 2.75) is 26.1 Å². The summed E-state index contributed by atoms with van der Waals surface area (Å²) >= 11 is 5.80. The van der Waals surface area contributed by atoms with Gasteiger partial charge in [0.05, 0.1) is 6.61 Å². The van der Waals surface area contributed by atoms with E-state index in [1.807, 2.05) is 0 Å². The summed E-state index contributed by atoms with van der Waals surface area (Å²) in [6.45, 7) is 2.89. The quantitative estimate of drug-likeness (QED) is 0.617. The smallest absolute Gasteiger partial charge is 0.454 e. The number of hydrogen-bond donors (Lipinski definition) is 0. The Morgan fingerprint density at radius 1 is 1.33 bits per heavy atom. The summed E-state index contributed by atoms with van der Waals surface area (Å²) in [5.41, 5.74) is 0.666. The molecule has 1 aromatic carbocycles. The molecule has 0 aliphatic carbocycles. The third kappa shape index (κ3) is 4.63. The zero-order chi connectivity index (χ0) is 16.2. The fourth-order valence-electron chi connectivity index (χ4n) is 1.36. The molecule has 0 amide bonds. The van der Waals surface area contributed by atoms with E-state index in [1.54, 1.807) is 6.92 Å². The number of aryl methyl sites for hydroxylation is 1. The Morgan fingerprint density at radius 2 is 1.95 bits per heavy atom. The van der Waals surface area contributed by atoms with Crippen LogP contribution in [0.1, 0.15) is 12.5 Å². The van der Waals surface area contributed by atoms with E-state index in [1.165, 1.54) is 25.1 Å². The number of esters is 1. The van der Waals surface area contributed by atoms with Crippen molar-refractivity contribution in [3.8, 4) is 5.75 Å². The van der Waals surface area contributed by atoms with Crippen molar-refractivity contribution in [2.24, 2.45) is 0 Å². The Kier molecular flexibility index (Phi) is 5.60. The number of halogens is 4. The normalized spacial score (nSPS) is 12.7. The van der Waals surface area contributed by atoms with Crippen LogP contribution in [0.25, 0.3) is 0 Å². The Hall–Kier alpha value is -1.76. The molecule has 0 radical (unpaired) electrons. The van der Waals surface area contributed by atoms with Crippen molar-refractivity contribution in [3.63, 3.8) is 0 Å². The predicted octanol–water partition coefficient (Wildman–Crippen LogP) is 3.09. The highest BCUT2D eigenvalue weighted by atomic mass is 35.5. The maximum atomic E-state index is 12.5. The topological polar surface area (TPSA) is 52.6 Å². The number of ketones is 1. The largest absolute Gasteiger partial charge is 0.470 e. The second kappa shape index (κ2) is 6.80. The summed E-state index contributed by atoms with van der Waals surface area (Å²) in [4.78, 5) is 22.7. The van der Waals surface area contributed by atoms with Gasteiger partial charge in [-0.25, -0.2) is 4.79 Å². The number of ether oxygens (including phenoxy) is 2. The van der Waals surface area contributed by atoms with E-state index >= 15 is 0 Å². The van der Waals surface area contributed by atoms with Gasteiger partial charge in [-0.2, -0.15) is 13.2 Å². The Labute approximate surface area is 123 Å². The van der Waals surface area contributed by atoms with Crippen molar-refractivity contribution >= 4 is 23.4 Å².